The summed E-state index contributed by atoms with van der Waals surface area (Å²) in [6.45, 7) is 0.541. The fourth-order valence-corrected chi connectivity index (χ4v) is 3.72. The maximum atomic E-state index is 12.5. The van der Waals surface area contributed by atoms with Gasteiger partial charge in [0.25, 0.3) is 5.91 Å². The molecule has 1 N–H and O–H groups in total. The quantitative estimate of drug-likeness (QED) is 0.818. The van der Waals surface area contributed by atoms with E-state index in [2.05, 4.69) is 9.71 Å². The average molecular weight is 359 g/mol. The molecule has 1 aromatic carbocycles. The standard InChI is InChI=1S/C18H21N3O3S/c1-21(13-11-15-4-2-3-12-19-15)18(22)14-5-9-17(10-6-14)25(23,24)20-16-7-8-16/h2-6,9-10,12,16,20H,7-8,11,13H2,1H3. The lowest BCUT2D eigenvalue weighted by Crippen LogP contribution is -2.29. The van der Waals surface area contributed by atoms with Crippen LogP contribution in [0, 0.1) is 0 Å². The van der Waals surface area contributed by atoms with Crippen LogP contribution < -0.4 is 4.72 Å². The minimum atomic E-state index is -3.49. The lowest BCUT2D eigenvalue weighted by atomic mass is 10.2. The van der Waals surface area contributed by atoms with Crippen molar-refractivity contribution < 1.29 is 13.2 Å². The summed E-state index contributed by atoms with van der Waals surface area (Å²) in [5.74, 6) is -0.143. The highest BCUT2D eigenvalue weighted by molar-refractivity contribution is 7.89. The van der Waals surface area contributed by atoms with E-state index in [0.717, 1.165) is 18.5 Å². The Morgan fingerprint density at radius 3 is 2.52 bits per heavy atom. The Hall–Kier alpha value is -2.25. The summed E-state index contributed by atoms with van der Waals surface area (Å²) >= 11 is 0. The number of pyridine rings is 1. The van der Waals surface area contributed by atoms with Crippen LogP contribution in [0.25, 0.3) is 0 Å². The van der Waals surface area contributed by atoms with Crippen LogP contribution in [0.2, 0.25) is 0 Å². The smallest absolute Gasteiger partial charge is 0.253 e. The molecule has 1 heterocycles. The van der Waals surface area contributed by atoms with Crippen LogP contribution in [0.1, 0.15) is 28.9 Å². The molecule has 1 saturated carbocycles. The monoisotopic (exact) mass is 359 g/mol. The first-order valence-electron chi connectivity index (χ1n) is 8.23. The molecule has 6 nitrogen and oxygen atoms in total. The molecule has 0 bridgehead atoms. The van der Waals surface area contributed by atoms with E-state index in [1.54, 1.807) is 30.3 Å². The van der Waals surface area contributed by atoms with E-state index in [9.17, 15) is 13.2 Å². The third-order valence-electron chi connectivity index (χ3n) is 4.09. The number of likely N-dealkylation sites (N-methyl/N-ethyl adjacent to an activating group) is 1. The summed E-state index contributed by atoms with van der Waals surface area (Å²) in [5, 5.41) is 0. The average Bonchev–Trinajstić information content (AvgIpc) is 3.43. The SMILES string of the molecule is CN(CCc1ccccn1)C(=O)c1ccc(S(=O)(=O)NC2CC2)cc1. The molecule has 7 heteroatoms. The number of hydrogen-bond acceptors (Lipinski definition) is 4. The van der Waals surface area contributed by atoms with E-state index in [1.165, 1.54) is 12.1 Å². The number of carbonyl (C=O) groups is 1. The second kappa shape index (κ2) is 7.33. The third kappa shape index (κ3) is 4.64. The van der Waals surface area contributed by atoms with E-state index in [4.69, 9.17) is 0 Å². The summed E-state index contributed by atoms with van der Waals surface area (Å²) in [4.78, 5) is 18.5. The Labute approximate surface area is 147 Å². The predicted molar refractivity (Wildman–Crippen MR) is 94.7 cm³/mol. The van der Waals surface area contributed by atoms with E-state index in [1.807, 2.05) is 18.2 Å². The first-order chi connectivity index (χ1) is 12.0. The van der Waals surface area contributed by atoms with Crippen molar-refractivity contribution in [3.63, 3.8) is 0 Å². The van der Waals surface area contributed by atoms with Gasteiger partial charge in [-0.2, -0.15) is 0 Å². The Morgan fingerprint density at radius 1 is 1.20 bits per heavy atom. The molecular weight excluding hydrogens is 338 g/mol. The number of benzene rings is 1. The van der Waals surface area contributed by atoms with Gasteiger partial charge in [-0.25, -0.2) is 13.1 Å². The molecule has 0 aliphatic heterocycles. The van der Waals surface area contributed by atoms with Crippen LogP contribution in [-0.4, -0.2) is 43.8 Å². The molecule has 0 atom stereocenters. The van der Waals surface area contributed by atoms with Crippen LogP contribution in [0.4, 0.5) is 0 Å². The van der Waals surface area contributed by atoms with Gasteiger partial charge < -0.3 is 4.90 Å². The highest BCUT2D eigenvalue weighted by Gasteiger charge is 2.28. The van der Waals surface area contributed by atoms with Gasteiger partial charge in [0, 0.05) is 43.5 Å². The molecule has 0 unspecified atom stereocenters. The molecule has 1 aliphatic carbocycles. The first kappa shape index (κ1) is 17.6. The lowest BCUT2D eigenvalue weighted by Gasteiger charge is -2.17. The number of sulfonamides is 1. The Balaban J connectivity index is 1.61. The zero-order valence-corrected chi connectivity index (χ0v) is 14.9. The van der Waals surface area contributed by atoms with Gasteiger partial charge >= 0.3 is 0 Å². The van der Waals surface area contributed by atoms with Gasteiger partial charge in [0.15, 0.2) is 0 Å². The molecule has 3 rings (SSSR count). The summed E-state index contributed by atoms with van der Waals surface area (Å²) in [6.07, 6.45) is 4.17. The van der Waals surface area contributed by atoms with Crippen molar-refractivity contribution in [1.29, 1.82) is 0 Å². The molecule has 1 aliphatic rings. The number of aromatic nitrogens is 1. The van der Waals surface area contributed by atoms with Crippen molar-refractivity contribution in [3.05, 3.63) is 59.9 Å². The van der Waals surface area contributed by atoms with Gasteiger partial charge in [-0.05, 0) is 49.2 Å². The largest absolute Gasteiger partial charge is 0.341 e. The number of nitrogens with zero attached hydrogens (tertiary/aromatic N) is 2. The van der Waals surface area contributed by atoms with Crippen LogP contribution >= 0.6 is 0 Å². The lowest BCUT2D eigenvalue weighted by molar-refractivity contribution is 0.0796. The normalized spacial score (nSPS) is 14.3. The number of hydrogen-bond donors (Lipinski definition) is 1. The second-order valence-corrected chi connectivity index (χ2v) is 7.93. The van der Waals surface area contributed by atoms with Crippen molar-refractivity contribution in [2.75, 3.05) is 13.6 Å². The molecule has 0 spiro atoms. The number of carbonyl (C=O) groups excluding carboxylic acids is 1. The van der Waals surface area contributed by atoms with Crippen molar-refractivity contribution >= 4 is 15.9 Å². The Morgan fingerprint density at radius 2 is 1.92 bits per heavy atom. The number of amides is 1. The number of rotatable bonds is 7. The van der Waals surface area contributed by atoms with E-state index >= 15 is 0 Å². The van der Waals surface area contributed by atoms with E-state index in [-0.39, 0.29) is 16.8 Å². The molecule has 1 fully saturated rings. The van der Waals surface area contributed by atoms with Crippen molar-refractivity contribution in [2.45, 2.75) is 30.2 Å². The van der Waals surface area contributed by atoms with Gasteiger partial charge in [-0.15, -0.1) is 0 Å². The fourth-order valence-electron chi connectivity index (χ4n) is 2.42. The van der Waals surface area contributed by atoms with E-state index < -0.39 is 10.0 Å². The van der Waals surface area contributed by atoms with E-state index in [0.29, 0.717) is 18.5 Å². The van der Waals surface area contributed by atoms with Crippen LogP contribution in [0.3, 0.4) is 0 Å². The van der Waals surface area contributed by atoms with Gasteiger partial charge in [0.1, 0.15) is 0 Å². The molecule has 0 radical (unpaired) electrons. The van der Waals surface area contributed by atoms with Gasteiger partial charge in [0.2, 0.25) is 10.0 Å². The molecule has 2 aromatic rings. The molecule has 25 heavy (non-hydrogen) atoms. The molecule has 0 saturated heterocycles. The summed E-state index contributed by atoms with van der Waals surface area (Å²) in [6, 6.07) is 11.8. The summed E-state index contributed by atoms with van der Waals surface area (Å²) in [5.41, 5.74) is 1.39. The zero-order valence-electron chi connectivity index (χ0n) is 14.1. The number of nitrogens with one attached hydrogen (secondary N) is 1. The second-order valence-electron chi connectivity index (χ2n) is 6.22. The minimum Gasteiger partial charge on any atom is -0.341 e. The molecule has 132 valence electrons. The van der Waals surface area contributed by atoms with Crippen molar-refractivity contribution in [1.82, 2.24) is 14.6 Å². The minimum absolute atomic E-state index is 0.0593. The Kier molecular flexibility index (Phi) is 5.15. The first-order valence-corrected chi connectivity index (χ1v) is 9.72. The topological polar surface area (TPSA) is 79.4 Å². The van der Waals surface area contributed by atoms with Gasteiger partial charge in [-0.1, -0.05) is 6.07 Å². The van der Waals surface area contributed by atoms with Crippen molar-refractivity contribution in [3.8, 4) is 0 Å². The summed E-state index contributed by atoms with van der Waals surface area (Å²) < 4.78 is 26.9. The predicted octanol–water partition coefficient (Wildman–Crippen LogP) is 1.84. The van der Waals surface area contributed by atoms with Crippen LogP contribution in [-0.2, 0) is 16.4 Å². The zero-order chi connectivity index (χ0) is 17.9. The molecule has 1 aromatic heterocycles. The molecule has 1 amide bonds. The Bertz CT molecular complexity index is 832. The third-order valence-corrected chi connectivity index (χ3v) is 5.62. The van der Waals surface area contributed by atoms with Gasteiger partial charge in [0.05, 0.1) is 4.90 Å². The fraction of sp³-hybridized carbons (Fsp3) is 0.333. The summed E-state index contributed by atoms with van der Waals surface area (Å²) in [7, 11) is -1.76. The van der Waals surface area contributed by atoms with Crippen LogP contribution in [0.15, 0.2) is 53.6 Å². The highest BCUT2D eigenvalue weighted by atomic mass is 32.2. The van der Waals surface area contributed by atoms with Crippen molar-refractivity contribution in [2.24, 2.45) is 0 Å². The van der Waals surface area contributed by atoms with Gasteiger partial charge in [-0.3, -0.25) is 9.78 Å². The molecular formula is C18H21N3O3S. The maximum absolute atomic E-state index is 12.5. The highest BCUT2D eigenvalue weighted by Crippen LogP contribution is 2.22. The van der Waals surface area contributed by atoms with Crippen LogP contribution in [0.5, 0.6) is 0 Å². The maximum Gasteiger partial charge on any atom is 0.253 e.